The lowest BCUT2D eigenvalue weighted by Gasteiger charge is -2.17. The Morgan fingerprint density at radius 3 is 2.47 bits per heavy atom. The van der Waals surface area contributed by atoms with Crippen LogP contribution in [-0.2, 0) is 6.42 Å². The van der Waals surface area contributed by atoms with Gasteiger partial charge in [0.25, 0.3) is 0 Å². The lowest BCUT2D eigenvalue weighted by Crippen LogP contribution is -2.14. The van der Waals surface area contributed by atoms with Crippen molar-refractivity contribution in [1.82, 2.24) is 0 Å². The third-order valence-corrected chi connectivity index (χ3v) is 2.64. The van der Waals surface area contributed by atoms with Gasteiger partial charge >= 0.3 is 6.18 Å². The quantitative estimate of drug-likeness (QED) is 0.832. The molecule has 4 heteroatoms. The molecule has 1 atom stereocenters. The first-order valence-electron chi connectivity index (χ1n) is 5.76. The first-order valence-corrected chi connectivity index (χ1v) is 5.76. The summed E-state index contributed by atoms with van der Waals surface area (Å²) >= 11 is 0. The highest BCUT2D eigenvalue weighted by Crippen LogP contribution is 2.31. The zero-order chi connectivity index (χ0) is 12.9. The van der Waals surface area contributed by atoms with E-state index in [0.29, 0.717) is 12.0 Å². The van der Waals surface area contributed by atoms with Crippen molar-refractivity contribution < 1.29 is 18.3 Å². The molecular formula is C13H17F3O. The van der Waals surface area contributed by atoms with Gasteiger partial charge in [0.05, 0.1) is 12.5 Å². The highest BCUT2D eigenvalue weighted by molar-refractivity contribution is 5.29. The molecule has 0 heterocycles. The van der Waals surface area contributed by atoms with E-state index >= 15 is 0 Å². The number of benzene rings is 1. The maximum absolute atomic E-state index is 12.2. The molecule has 0 saturated carbocycles. The number of alkyl halides is 3. The van der Waals surface area contributed by atoms with Crippen molar-refractivity contribution in [1.29, 1.82) is 0 Å². The molecule has 1 unspecified atom stereocenters. The van der Waals surface area contributed by atoms with Crippen LogP contribution >= 0.6 is 0 Å². The molecule has 0 spiro atoms. The van der Waals surface area contributed by atoms with Crippen molar-refractivity contribution in [3.63, 3.8) is 0 Å². The topological polar surface area (TPSA) is 20.2 Å². The SMILES string of the molecule is CCCCc1ccccc1C(O)CC(F)(F)F. The molecule has 1 N–H and O–H groups in total. The maximum Gasteiger partial charge on any atom is 0.391 e. The molecule has 0 aliphatic carbocycles. The van der Waals surface area contributed by atoms with Crippen LogP contribution in [0.4, 0.5) is 13.2 Å². The molecule has 1 aromatic rings. The molecule has 17 heavy (non-hydrogen) atoms. The molecule has 0 aliphatic heterocycles. The number of hydrogen-bond acceptors (Lipinski definition) is 1. The van der Waals surface area contributed by atoms with Crippen molar-refractivity contribution in [3.05, 3.63) is 35.4 Å². The van der Waals surface area contributed by atoms with Crippen LogP contribution in [0.5, 0.6) is 0 Å². The Bertz CT molecular complexity index is 347. The second kappa shape index (κ2) is 6.05. The molecule has 0 aliphatic rings. The fourth-order valence-corrected chi connectivity index (χ4v) is 1.78. The predicted octanol–water partition coefficient (Wildman–Crippen LogP) is 4.02. The van der Waals surface area contributed by atoms with Crippen LogP contribution in [0, 0.1) is 0 Å². The monoisotopic (exact) mass is 246 g/mol. The molecule has 0 aromatic heterocycles. The Labute approximate surface area is 99.3 Å². The summed E-state index contributed by atoms with van der Waals surface area (Å²) in [5.74, 6) is 0. The number of rotatable bonds is 5. The van der Waals surface area contributed by atoms with Crippen LogP contribution in [0.3, 0.4) is 0 Å². The van der Waals surface area contributed by atoms with Crippen molar-refractivity contribution in [3.8, 4) is 0 Å². The van der Waals surface area contributed by atoms with Gasteiger partial charge in [-0.05, 0) is 24.0 Å². The number of hydrogen-bond donors (Lipinski definition) is 1. The lowest BCUT2D eigenvalue weighted by molar-refractivity contribution is -0.154. The van der Waals surface area contributed by atoms with Crippen LogP contribution in [0.25, 0.3) is 0 Å². The standard InChI is InChI=1S/C13H17F3O/c1-2-3-6-10-7-4-5-8-11(10)12(17)9-13(14,15)16/h4-5,7-8,12,17H,2-3,6,9H2,1H3. The highest BCUT2D eigenvalue weighted by Gasteiger charge is 2.32. The van der Waals surface area contributed by atoms with Gasteiger partial charge in [0.1, 0.15) is 0 Å². The minimum atomic E-state index is -4.34. The Hall–Kier alpha value is -1.03. The van der Waals surface area contributed by atoms with Crippen LogP contribution in [0.2, 0.25) is 0 Å². The van der Waals surface area contributed by atoms with Gasteiger partial charge in [-0.2, -0.15) is 13.2 Å². The molecule has 1 rings (SSSR count). The molecule has 0 saturated heterocycles. The zero-order valence-corrected chi connectivity index (χ0v) is 9.80. The van der Waals surface area contributed by atoms with Gasteiger partial charge in [-0.15, -0.1) is 0 Å². The fourth-order valence-electron chi connectivity index (χ4n) is 1.78. The van der Waals surface area contributed by atoms with Crippen LogP contribution in [0.1, 0.15) is 43.4 Å². The summed E-state index contributed by atoms with van der Waals surface area (Å²) in [7, 11) is 0. The summed E-state index contributed by atoms with van der Waals surface area (Å²) in [6, 6.07) is 6.80. The molecule has 0 radical (unpaired) electrons. The van der Waals surface area contributed by atoms with E-state index < -0.39 is 18.7 Å². The minimum absolute atomic E-state index is 0.401. The van der Waals surface area contributed by atoms with Gasteiger partial charge in [0, 0.05) is 0 Å². The average Bonchev–Trinajstić information content (AvgIpc) is 2.24. The smallest absolute Gasteiger partial charge is 0.388 e. The van der Waals surface area contributed by atoms with Crippen LogP contribution in [0.15, 0.2) is 24.3 Å². The van der Waals surface area contributed by atoms with E-state index in [4.69, 9.17) is 0 Å². The summed E-state index contributed by atoms with van der Waals surface area (Å²) in [5, 5.41) is 9.62. The van der Waals surface area contributed by atoms with E-state index in [1.807, 2.05) is 6.92 Å². The van der Waals surface area contributed by atoms with Gasteiger partial charge in [-0.1, -0.05) is 37.6 Å². The minimum Gasteiger partial charge on any atom is -0.388 e. The van der Waals surface area contributed by atoms with Crippen molar-refractivity contribution in [2.24, 2.45) is 0 Å². The van der Waals surface area contributed by atoms with Crippen molar-refractivity contribution in [2.75, 3.05) is 0 Å². The normalized spacial score (nSPS) is 13.7. The third kappa shape index (κ3) is 4.77. The maximum atomic E-state index is 12.2. The van der Waals surface area contributed by atoms with E-state index in [2.05, 4.69) is 0 Å². The van der Waals surface area contributed by atoms with Gasteiger partial charge in [0.2, 0.25) is 0 Å². The summed E-state index contributed by atoms with van der Waals surface area (Å²) in [6.07, 6.45) is -4.38. The van der Waals surface area contributed by atoms with E-state index in [-0.39, 0.29) is 0 Å². The summed E-state index contributed by atoms with van der Waals surface area (Å²) in [6.45, 7) is 2.02. The Morgan fingerprint density at radius 2 is 1.88 bits per heavy atom. The Balaban J connectivity index is 2.81. The number of halogens is 3. The lowest BCUT2D eigenvalue weighted by atomic mass is 9.96. The highest BCUT2D eigenvalue weighted by atomic mass is 19.4. The Kier molecular flexibility index (Phi) is 5.00. The first kappa shape index (κ1) is 14.0. The molecular weight excluding hydrogens is 229 g/mol. The number of unbranched alkanes of at least 4 members (excludes halogenated alkanes) is 1. The largest absolute Gasteiger partial charge is 0.391 e. The van der Waals surface area contributed by atoms with Gasteiger partial charge in [0.15, 0.2) is 0 Å². The summed E-state index contributed by atoms with van der Waals surface area (Å²) < 4.78 is 36.6. The van der Waals surface area contributed by atoms with E-state index in [0.717, 1.165) is 18.4 Å². The molecule has 1 aromatic carbocycles. The molecule has 0 fully saturated rings. The molecule has 1 nitrogen and oxygen atoms in total. The second-order valence-corrected chi connectivity index (χ2v) is 4.14. The molecule has 0 bridgehead atoms. The van der Waals surface area contributed by atoms with Gasteiger partial charge < -0.3 is 5.11 Å². The average molecular weight is 246 g/mol. The first-order chi connectivity index (χ1) is 7.94. The number of aliphatic hydroxyl groups excluding tert-OH is 1. The van der Waals surface area contributed by atoms with Crippen molar-refractivity contribution in [2.45, 2.75) is 44.9 Å². The summed E-state index contributed by atoms with van der Waals surface area (Å²) in [4.78, 5) is 0. The van der Waals surface area contributed by atoms with Crippen molar-refractivity contribution >= 4 is 0 Å². The van der Waals surface area contributed by atoms with E-state index in [1.165, 1.54) is 0 Å². The third-order valence-electron chi connectivity index (χ3n) is 2.64. The number of aliphatic hydroxyl groups is 1. The van der Waals surface area contributed by atoms with Crippen LogP contribution in [-0.4, -0.2) is 11.3 Å². The van der Waals surface area contributed by atoms with E-state index in [9.17, 15) is 18.3 Å². The van der Waals surface area contributed by atoms with Crippen LogP contribution < -0.4 is 0 Å². The predicted molar refractivity (Wildman–Crippen MR) is 60.7 cm³/mol. The number of aryl methyl sites for hydroxylation is 1. The van der Waals surface area contributed by atoms with E-state index in [1.54, 1.807) is 24.3 Å². The molecule has 0 amide bonds. The molecule has 96 valence electrons. The van der Waals surface area contributed by atoms with Gasteiger partial charge in [-0.3, -0.25) is 0 Å². The Morgan fingerprint density at radius 1 is 1.24 bits per heavy atom. The zero-order valence-electron chi connectivity index (χ0n) is 9.80. The van der Waals surface area contributed by atoms with Gasteiger partial charge in [-0.25, -0.2) is 0 Å². The summed E-state index contributed by atoms with van der Waals surface area (Å²) in [5.41, 5.74) is 1.21. The second-order valence-electron chi connectivity index (χ2n) is 4.14. The fraction of sp³-hybridized carbons (Fsp3) is 0.538.